The lowest BCUT2D eigenvalue weighted by Gasteiger charge is -2.36. The third-order valence-corrected chi connectivity index (χ3v) is 3.25. The second-order valence-corrected chi connectivity index (χ2v) is 4.72. The lowest BCUT2D eigenvalue weighted by atomic mass is 9.80. The highest BCUT2D eigenvalue weighted by Crippen LogP contribution is 2.31. The third kappa shape index (κ3) is 2.98. The standard InChI is InChI=1S/C13H19N3O2/c1-2-14-12(17)10-4-5-11(15-8-10)16-9-13(18)6-3-7-13/h4-5,8,18H,2-3,6-7,9H2,1H3,(H,14,17)(H,15,16). The fraction of sp³-hybridized carbons (Fsp3) is 0.538. The number of carbonyl (C=O) groups excluding carboxylic acids is 1. The predicted molar refractivity (Wildman–Crippen MR) is 69.5 cm³/mol. The Labute approximate surface area is 107 Å². The molecule has 1 amide bonds. The molecule has 1 heterocycles. The number of nitrogens with one attached hydrogen (secondary N) is 2. The fourth-order valence-electron chi connectivity index (χ4n) is 1.91. The molecule has 0 radical (unpaired) electrons. The van der Waals surface area contributed by atoms with Crippen LogP contribution in [-0.4, -0.2) is 34.7 Å². The Morgan fingerprint density at radius 2 is 2.28 bits per heavy atom. The Morgan fingerprint density at radius 1 is 1.50 bits per heavy atom. The summed E-state index contributed by atoms with van der Waals surface area (Å²) in [5.74, 6) is 0.567. The van der Waals surface area contributed by atoms with Crippen LogP contribution in [0, 0.1) is 0 Å². The largest absolute Gasteiger partial charge is 0.388 e. The van der Waals surface area contributed by atoms with Crippen molar-refractivity contribution >= 4 is 11.7 Å². The molecule has 0 unspecified atom stereocenters. The molecule has 5 nitrogen and oxygen atoms in total. The molecule has 0 aliphatic heterocycles. The first-order chi connectivity index (χ1) is 8.63. The van der Waals surface area contributed by atoms with E-state index in [1.807, 2.05) is 6.92 Å². The van der Waals surface area contributed by atoms with Crippen molar-refractivity contribution in [3.63, 3.8) is 0 Å². The van der Waals surface area contributed by atoms with Crippen LogP contribution in [0.5, 0.6) is 0 Å². The number of rotatable bonds is 5. The van der Waals surface area contributed by atoms with Crippen molar-refractivity contribution in [2.24, 2.45) is 0 Å². The van der Waals surface area contributed by atoms with Crippen LogP contribution >= 0.6 is 0 Å². The normalized spacial score (nSPS) is 16.8. The Morgan fingerprint density at radius 3 is 2.78 bits per heavy atom. The van der Waals surface area contributed by atoms with Gasteiger partial charge in [0.25, 0.3) is 5.91 Å². The van der Waals surface area contributed by atoms with E-state index < -0.39 is 5.60 Å². The fourth-order valence-corrected chi connectivity index (χ4v) is 1.91. The van der Waals surface area contributed by atoms with Crippen molar-refractivity contribution in [1.82, 2.24) is 10.3 Å². The molecule has 1 aliphatic carbocycles. The number of aliphatic hydroxyl groups is 1. The monoisotopic (exact) mass is 249 g/mol. The van der Waals surface area contributed by atoms with Crippen molar-refractivity contribution in [1.29, 1.82) is 0 Å². The molecule has 5 heteroatoms. The molecular formula is C13H19N3O2. The van der Waals surface area contributed by atoms with E-state index in [0.29, 0.717) is 24.5 Å². The van der Waals surface area contributed by atoms with Gasteiger partial charge in [0.1, 0.15) is 5.82 Å². The van der Waals surface area contributed by atoms with Gasteiger partial charge in [0, 0.05) is 19.3 Å². The van der Waals surface area contributed by atoms with Gasteiger partial charge in [-0.15, -0.1) is 0 Å². The smallest absolute Gasteiger partial charge is 0.252 e. The minimum atomic E-state index is -0.570. The van der Waals surface area contributed by atoms with Crippen molar-refractivity contribution < 1.29 is 9.90 Å². The molecule has 98 valence electrons. The Bertz CT molecular complexity index is 413. The molecule has 0 spiro atoms. The van der Waals surface area contributed by atoms with Crippen LogP contribution in [0.1, 0.15) is 36.5 Å². The summed E-state index contributed by atoms with van der Waals surface area (Å²) in [7, 11) is 0. The highest BCUT2D eigenvalue weighted by molar-refractivity contribution is 5.93. The van der Waals surface area contributed by atoms with Gasteiger partial charge in [-0.05, 0) is 38.3 Å². The van der Waals surface area contributed by atoms with Gasteiger partial charge in [-0.3, -0.25) is 4.79 Å². The summed E-state index contributed by atoms with van der Waals surface area (Å²) < 4.78 is 0. The van der Waals surface area contributed by atoms with Crippen LogP contribution in [0.4, 0.5) is 5.82 Å². The molecule has 0 atom stereocenters. The number of hydrogen-bond donors (Lipinski definition) is 3. The molecule has 0 saturated heterocycles. The molecule has 0 bridgehead atoms. The maximum atomic E-state index is 11.5. The quantitative estimate of drug-likeness (QED) is 0.732. The first kappa shape index (κ1) is 12.8. The highest BCUT2D eigenvalue weighted by atomic mass is 16.3. The summed E-state index contributed by atoms with van der Waals surface area (Å²) in [5.41, 5.74) is -0.0234. The van der Waals surface area contributed by atoms with E-state index in [0.717, 1.165) is 19.3 Å². The van der Waals surface area contributed by atoms with Crippen LogP contribution in [0.3, 0.4) is 0 Å². The summed E-state index contributed by atoms with van der Waals surface area (Å²) in [6, 6.07) is 3.48. The van der Waals surface area contributed by atoms with Gasteiger partial charge in [-0.1, -0.05) is 0 Å². The zero-order valence-electron chi connectivity index (χ0n) is 10.6. The van der Waals surface area contributed by atoms with Crippen LogP contribution in [0.25, 0.3) is 0 Å². The average molecular weight is 249 g/mol. The molecule has 1 aromatic rings. The number of anilines is 1. The highest BCUT2D eigenvalue weighted by Gasteiger charge is 2.33. The zero-order valence-corrected chi connectivity index (χ0v) is 10.6. The van der Waals surface area contributed by atoms with E-state index in [9.17, 15) is 9.90 Å². The van der Waals surface area contributed by atoms with Gasteiger partial charge >= 0.3 is 0 Å². The van der Waals surface area contributed by atoms with Crippen LogP contribution in [0.2, 0.25) is 0 Å². The Kier molecular flexibility index (Phi) is 3.81. The molecule has 1 aromatic heterocycles. The number of pyridine rings is 1. The second-order valence-electron chi connectivity index (χ2n) is 4.72. The Hall–Kier alpha value is -1.62. The maximum Gasteiger partial charge on any atom is 0.252 e. The van der Waals surface area contributed by atoms with Crippen LogP contribution < -0.4 is 10.6 Å². The summed E-state index contributed by atoms with van der Waals surface area (Å²) in [5, 5.41) is 15.7. The summed E-state index contributed by atoms with van der Waals surface area (Å²) >= 11 is 0. The first-order valence-corrected chi connectivity index (χ1v) is 6.33. The van der Waals surface area contributed by atoms with Crippen molar-refractivity contribution in [3.05, 3.63) is 23.9 Å². The van der Waals surface area contributed by atoms with Gasteiger partial charge in [-0.2, -0.15) is 0 Å². The van der Waals surface area contributed by atoms with E-state index in [1.54, 1.807) is 12.1 Å². The van der Waals surface area contributed by atoms with E-state index in [-0.39, 0.29) is 5.91 Å². The van der Waals surface area contributed by atoms with E-state index in [4.69, 9.17) is 0 Å². The molecule has 2 rings (SSSR count). The molecule has 3 N–H and O–H groups in total. The molecule has 1 saturated carbocycles. The van der Waals surface area contributed by atoms with Crippen molar-refractivity contribution in [3.8, 4) is 0 Å². The number of aromatic nitrogens is 1. The Balaban J connectivity index is 1.89. The van der Waals surface area contributed by atoms with E-state index in [2.05, 4.69) is 15.6 Å². The molecule has 1 fully saturated rings. The molecule has 18 heavy (non-hydrogen) atoms. The minimum absolute atomic E-state index is 0.117. The first-order valence-electron chi connectivity index (χ1n) is 6.33. The van der Waals surface area contributed by atoms with Crippen molar-refractivity contribution in [2.75, 3.05) is 18.4 Å². The summed E-state index contributed by atoms with van der Waals surface area (Å²) in [4.78, 5) is 15.7. The number of hydrogen-bond acceptors (Lipinski definition) is 4. The second kappa shape index (κ2) is 5.35. The maximum absolute atomic E-state index is 11.5. The number of nitrogens with zero attached hydrogens (tertiary/aromatic N) is 1. The van der Waals surface area contributed by atoms with E-state index >= 15 is 0 Å². The van der Waals surface area contributed by atoms with Gasteiger partial charge in [0.05, 0.1) is 11.2 Å². The van der Waals surface area contributed by atoms with Gasteiger partial charge in [0.2, 0.25) is 0 Å². The molecule has 0 aromatic carbocycles. The minimum Gasteiger partial charge on any atom is -0.388 e. The van der Waals surface area contributed by atoms with E-state index in [1.165, 1.54) is 6.20 Å². The summed E-state index contributed by atoms with van der Waals surface area (Å²) in [6.45, 7) is 2.99. The lowest BCUT2D eigenvalue weighted by molar-refractivity contribution is -0.0202. The number of amides is 1. The molecular weight excluding hydrogens is 230 g/mol. The third-order valence-electron chi connectivity index (χ3n) is 3.25. The predicted octanol–water partition coefficient (Wildman–Crippen LogP) is 1.16. The number of carbonyl (C=O) groups is 1. The SMILES string of the molecule is CCNC(=O)c1ccc(NCC2(O)CCC2)nc1. The van der Waals surface area contributed by atoms with Crippen LogP contribution in [0.15, 0.2) is 18.3 Å². The zero-order chi connectivity index (χ0) is 13.0. The van der Waals surface area contributed by atoms with Gasteiger partial charge in [-0.25, -0.2) is 4.98 Å². The lowest BCUT2D eigenvalue weighted by Crippen LogP contribution is -2.43. The summed E-state index contributed by atoms with van der Waals surface area (Å²) in [6.07, 6.45) is 4.31. The average Bonchev–Trinajstić information content (AvgIpc) is 2.35. The van der Waals surface area contributed by atoms with Gasteiger partial charge < -0.3 is 15.7 Å². The van der Waals surface area contributed by atoms with Gasteiger partial charge in [0.15, 0.2) is 0 Å². The van der Waals surface area contributed by atoms with Crippen LogP contribution in [-0.2, 0) is 0 Å². The van der Waals surface area contributed by atoms with Crippen molar-refractivity contribution in [2.45, 2.75) is 31.8 Å². The molecule has 1 aliphatic rings. The topological polar surface area (TPSA) is 74.2 Å².